The zero-order valence-electron chi connectivity index (χ0n) is 15.9. The number of nitrogens with zero attached hydrogens (tertiary/aromatic N) is 9. The summed E-state index contributed by atoms with van der Waals surface area (Å²) in [5, 5.41) is 19.8. The van der Waals surface area contributed by atoms with Crippen molar-refractivity contribution in [2.75, 3.05) is 26.2 Å². The third-order valence-electron chi connectivity index (χ3n) is 5.71. The molecule has 2 aromatic rings. The molecule has 0 radical (unpaired) electrons. The number of aromatic nitrogens is 7. The van der Waals surface area contributed by atoms with E-state index in [9.17, 15) is 4.79 Å². The van der Waals surface area contributed by atoms with Gasteiger partial charge in [-0.3, -0.25) is 9.69 Å². The molecule has 0 bridgehead atoms. The molecule has 10 nitrogen and oxygen atoms in total. The highest BCUT2D eigenvalue weighted by Crippen LogP contribution is 2.27. The normalized spacial score (nSPS) is 19.5. The van der Waals surface area contributed by atoms with E-state index >= 15 is 0 Å². The van der Waals surface area contributed by atoms with Gasteiger partial charge in [-0.1, -0.05) is 6.42 Å². The predicted molar refractivity (Wildman–Crippen MR) is 96.5 cm³/mol. The number of hydrogen-bond donors (Lipinski definition) is 0. The first-order valence-electron chi connectivity index (χ1n) is 9.80. The zero-order chi connectivity index (χ0) is 18.6. The van der Waals surface area contributed by atoms with Crippen molar-refractivity contribution >= 4 is 5.91 Å². The Hall–Kier alpha value is -2.36. The first kappa shape index (κ1) is 18.0. The molecule has 146 valence electrons. The Kier molecular flexibility index (Phi) is 5.42. The minimum absolute atomic E-state index is 0.0597. The lowest BCUT2D eigenvalue weighted by atomic mass is 9.96. The van der Waals surface area contributed by atoms with E-state index in [1.165, 1.54) is 30.3 Å². The second-order valence-corrected chi connectivity index (χ2v) is 7.53. The lowest BCUT2D eigenvalue weighted by Crippen LogP contribution is -2.40. The molecule has 2 fully saturated rings. The van der Waals surface area contributed by atoms with Crippen molar-refractivity contribution in [3.8, 4) is 0 Å². The molecule has 2 aliphatic rings. The fourth-order valence-electron chi connectivity index (χ4n) is 4.06. The topological polar surface area (TPSA) is 97.9 Å². The van der Waals surface area contributed by atoms with Gasteiger partial charge in [-0.2, -0.15) is 0 Å². The summed E-state index contributed by atoms with van der Waals surface area (Å²) in [5.41, 5.74) is 0. The molecule has 4 heterocycles. The maximum atomic E-state index is 12.4. The first-order valence-corrected chi connectivity index (χ1v) is 9.80. The number of piperidine rings is 2. The molecule has 4 rings (SSSR count). The molecule has 10 heteroatoms. The van der Waals surface area contributed by atoms with E-state index in [1.54, 1.807) is 0 Å². The second kappa shape index (κ2) is 8.12. The van der Waals surface area contributed by atoms with Gasteiger partial charge in [0, 0.05) is 26.1 Å². The van der Waals surface area contributed by atoms with Crippen LogP contribution in [0.4, 0.5) is 0 Å². The number of likely N-dealkylation sites (tertiary alicyclic amines) is 2. The van der Waals surface area contributed by atoms with Crippen molar-refractivity contribution in [1.82, 2.24) is 44.8 Å². The zero-order valence-corrected chi connectivity index (χ0v) is 15.9. The number of amides is 1. The molecule has 0 unspecified atom stereocenters. The SMILES string of the molecule is Cn1c(CN2CCCCC2)nnc1C1CCN(C(=O)Cn2cnnn2)CC1. The Bertz CT molecular complexity index is 743. The van der Waals surface area contributed by atoms with Crippen molar-refractivity contribution in [2.45, 2.75) is 51.1 Å². The first-order chi connectivity index (χ1) is 13.2. The Balaban J connectivity index is 1.32. The van der Waals surface area contributed by atoms with Crippen LogP contribution < -0.4 is 0 Å². The van der Waals surface area contributed by atoms with Gasteiger partial charge >= 0.3 is 0 Å². The van der Waals surface area contributed by atoms with Crippen LogP contribution in [0.25, 0.3) is 0 Å². The summed E-state index contributed by atoms with van der Waals surface area (Å²) in [7, 11) is 2.07. The molecule has 0 spiro atoms. The molecule has 0 saturated carbocycles. The van der Waals surface area contributed by atoms with Gasteiger partial charge in [0.2, 0.25) is 5.91 Å². The molecular weight excluding hydrogens is 346 g/mol. The summed E-state index contributed by atoms with van der Waals surface area (Å²) < 4.78 is 3.63. The highest BCUT2D eigenvalue weighted by Gasteiger charge is 2.28. The van der Waals surface area contributed by atoms with Crippen LogP contribution in [0.5, 0.6) is 0 Å². The fourth-order valence-corrected chi connectivity index (χ4v) is 4.06. The van der Waals surface area contributed by atoms with E-state index in [0.717, 1.165) is 57.2 Å². The number of hydrogen-bond acceptors (Lipinski definition) is 7. The van der Waals surface area contributed by atoms with Gasteiger partial charge < -0.3 is 9.47 Å². The van der Waals surface area contributed by atoms with Crippen LogP contribution in [0.2, 0.25) is 0 Å². The number of rotatable bonds is 5. The Morgan fingerprint density at radius 2 is 1.89 bits per heavy atom. The van der Waals surface area contributed by atoms with E-state index in [2.05, 4.69) is 42.2 Å². The summed E-state index contributed by atoms with van der Waals surface area (Å²) in [6.45, 7) is 4.86. The average Bonchev–Trinajstić information content (AvgIpc) is 3.33. The van der Waals surface area contributed by atoms with E-state index in [-0.39, 0.29) is 12.5 Å². The van der Waals surface area contributed by atoms with Gasteiger partial charge in [-0.05, 0) is 49.2 Å². The van der Waals surface area contributed by atoms with Crippen LogP contribution in [0.3, 0.4) is 0 Å². The maximum absolute atomic E-state index is 12.4. The van der Waals surface area contributed by atoms with Gasteiger partial charge in [0.15, 0.2) is 0 Å². The van der Waals surface area contributed by atoms with Crippen molar-refractivity contribution < 1.29 is 4.79 Å². The van der Waals surface area contributed by atoms with Gasteiger partial charge in [-0.25, -0.2) is 4.68 Å². The minimum atomic E-state index is 0.0597. The lowest BCUT2D eigenvalue weighted by molar-refractivity contribution is -0.133. The maximum Gasteiger partial charge on any atom is 0.244 e. The molecule has 27 heavy (non-hydrogen) atoms. The van der Waals surface area contributed by atoms with E-state index in [1.807, 2.05) is 4.90 Å². The van der Waals surface area contributed by atoms with Crippen LogP contribution >= 0.6 is 0 Å². The summed E-state index contributed by atoms with van der Waals surface area (Å²) in [6.07, 6.45) is 7.19. The molecule has 0 aromatic carbocycles. The quantitative estimate of drug-likeness (QED) is 0.738. The Morgan fingerprint density at radius 1 is 1.11 bits per heavy atom. The monoisotopic (exact) mass is 373 g/mol. The van der Waals surface area contributed by atoms with Gasteiger partial charge in [0.25, 0.3) is 0 Å². The molecular formula is C17H27N9O. The number of carbonyl (C=O) groups excluding carboxylic acids is 1. The summed E-state index contributed by atoms with van der Waals surface area (Å²) in [5.74, 6) is 2.51. The largest absolute Gasteiger partial charge is 0.341 e. The van der Waals surface area contributed by atoms with Crippen LogP contribution in [0.15, 0.2) is 6.33 Å². The van der Waals surface area contributed by atoms with Crippen molar-refractivity contribution in [3.05, 3.63) is 18.0 Å². The Morgan fingerprint density at radius 3 is 2.59 bits per heavy atom. The van der Waals surface area contributed by atoms with Crippen molar-refractivity contribution in [3.63, 3.8) is 0 Å². The summed E-state index contributed by atoms with van der Waals surface area (Å²) >= 11 is 0. The molecule has 2 aromatic heterocycles. The van der Waals surface area contributed by atoms with E-state index in [4.69, 9.17) is 0 Å². The third-order valence-corrected chi connectivity index (χ3v) is 5.71. The fraction of sp³-hybridized carbons (Fsp3) is 0.765. The summed E-state index contributed by atoms with van der Waals surface area (Å²) in [4.78, 5) is 16.7. The van der Waals surface area contributed by atoms with Crippen LogP contribution in [0, 0.1) is 0 Å². The second-order valence-electron chi connectivity index (χ2n) is 7.53. The number of tetrazole rings is 1. The van der Waals surface area contributed by atoms with Crippen molar-refractivity contribution in [2.24, 2.45) is 7.05 Å². The highest BCUT2D eigenvalue weighted by atomic mass is 16.2. The van der Waals surface area contributed by atoms with Crippen molar-refractivity contribution in [1.29, 1.82) is 0 Å². The van der Waals surface area contributed by atoms with Crippen LogP contribution in [-0.4, -0.2) is 76.9 Å². The molecule has 0 N–H and O–H groups in total. The van der Waals surface area contributed by atoms with E-state index in [0.29, 0.717) is 5.92 Å². The molecule has 2 aliphatic heterocycles. The Labute approximate surface area is 158 Å². The molecule has 2 saturated heterocycles. The smallest absolute Gasteiger partial charge is 0.244 e. The minimum Gasteiger partial charge on any atom is -0.341 e. The standard InChI is InChI=1S/C17H27N9O/c1-23-15(11-24-7-3-2-4-8-24)19-20-17(23)14-5-9-25(10-6-14)16(27)12-26-13-18-21-22-26/h13-14H,2-12H2,1H3. The van der Waals surface area contributed by atoms with Gasteiger partial charge in [0.1, 0.15) is 24.5 Å². The molecule has 0 aliphatic carbocycles. The van der Waals surface area contributed by atoms with E-state index < -0.39 is 0 Å². The van der Waals surface area contributed by atoms with Gasteiger partial charge in [-0.15, -0.1) is 15.3 Å². The highest BCUT2D eigenvalue weighted by molar-refractivity contribution is 5.75. The lowest BCUT2D eigenvalue weighted by Gasteiger charge is -2.31. The molecule has 1 amide bonds. The third kappa shape index (κ3) is 4.15. The summed E-state index contributed by atoms with van der Waals surface area (Å²) in [6, 6.07) is 0. The average molecular weight is 373 g/mol. The predicted octanol–water partition coefficient (Wildman–Crippen LogP) is 0.194. The van der Waals surface area contributed by atoms with Gasteiger partial charge in [0.05, 0.1) is 6.54 Å². The number of carbonyl (C=O) groups is 1. The van der Waals surface area contributed by atoms with Crippen LogP contribution in [-0.2, 0) is 24.9 Å². The van der Waals surface area contributed by atoms with Crippen LogP contribution in [0.1, 0.15) is 49.7 Å². The molecule has 0 atom stereocenters.